The predicted molar refractivity (Wildman–Crippen MR) is 113 cm³/mol. The van der Waals surface area contributed by atoms with Crippen molar-refractivity contribution in [2.75, 3.05) is 5.32 Å². The van der Waals surface area contributed by atoms with Gasteiger partial charge in [-0.15, -0.1) is 0 Å². The number of H-pyrrole nitrogens is 1. The highest BCUT2D eigenvalue weighted by molar-refractivity contribution is 6.45. The lowest BCUT2D eigenvalue weighted by Gasteiger charge is -2.29. The van der Waals surface area contributed by atoms with Crippen LogP contribution in [-0.4, -0.2) is 34.9 Å². The molecular weight excluding hydrogens is 401 g/mol. The number of ether oxygens (including phenoxy) is 1. The number of anilines is 1. The van der Waals surface area contributed by atoms with E-state index in [1.807, 2.05) is 18.2 Å². The van der Waals surface area contributed by atoms with Crippen molar-refractivity contribution >= 4 is 34.4 Å². The van der Waals surface area contributed by atoms with Gasteiger partial charge in [0.1, 0.15) is 11.9 Å². The summed E-state index contributed by atoms with van der Waals surface area (Å²) in [6, 6.07) is 12.4. The van der Waals surface area contributed by atoms with Crippen molar-refractivity contribution in [1.29, 1.82) is 0 Å². The highest BCUT2D eigenvalue weighted by Crippen LogP contribution is 2.23. The molecule has 0 radical (unpaired) electrons. The average Bonchev–Trinajstić information content (AvgIpc) is 3.19. The number of nitrogens with one attached hydrogen (secondary N) is 3. The fraction of sp³-hybridized carbons (Fsp3) is 0.261. The highest BCUT2D eigenvalue weighted by atomic mass is 19.1. The summed E-state index contributed by atoms with van der Waals surface area (Å²) in [6.07, 6.45) is 3.05. The van der Waals surface area contributed by atoms with Crippen LogP contribution in [0.4, 0.5) is 14.9 Å². The third-order valence-corrected chi connectivity index (χ3v) is 5.37. The topological polar surface area (TPSA) is 100 Å². The van der Waals surface area contributed by atoms with E-state index in [2.05, 4.69) is 15.6 Å². The fourth-order valence-corrected chi connectivity index (χ4v) is 3.85. The molecule has 2 atom stereocenters. The van der Waals surface area contributed by atoms with Crippen LogP contribution in [0.15, 0.2) is 54.7 Å². The van der Waals surface area contributed by atoms with E-state index >= 15 is 0 Å². The number of carbonyl (C=O) groups is 3. The second-order valence-electron chi connectivity index (χ2n) is 7.57. The normalized spacial score (nSPS) is 18.4. The van der Waals surface area contributed by atoms with Crippen molar-refractivity contribution in [3.8, 4) is 0 Å². The molecule has 4 rings (SSSR count). The monoisotopic (exact) mass is 423 g/mol. The molecule has 2 unspecified atom stereocenters. The van der Waals surface area contributed by atoms with Crippen molar-refractivity contribution in [2.24, 2.45) is 0 Å². The molecule has 31 heavy (non-hydrogen) atoms. The Morgan fingerprint density at radius 2 is 1.81 bits per heavy atom. The van der Waals surface area contributed by atoms with Gasteiger partial charge < -0.3 is 15.0 Å². The van der Waals surface area contributed by atoms with Gasteiger partial charge in [-0.3, -0.25) is 14.9 Å². The van der Waals surface area contributed by atoms with Gasteiger partial charge in [0, 0.05) is 35.2 Å². The van der Waals surface area contributed by atoms with Crippen molar-refractivity contribution in [1.82, 2.24) is 10.3 Å². The van der Waals surface area contributed by atoms with E-state index < -0.39 is 23.6 Å². The molecule has 2 amide bonds. The summed E-state index contributed by atoms with van der Waals surface area (Å²) in [6.45, 7) is 0. The van der Waals surface area contributed by atoms with E-state index in [1.54, 1.807) is 12.3 Å². The zero-order valence-corrected chi connectivity index (χ0v) is 16.7. The number of hydrogen-bond donors (Lipinski definition) is 3. The van der Waals surface area contributed by atoms with Gasteiger partial charge in [0.25, 0.3) is 11.7 Å². The molecule has 8 heteroatoms. The van der Waals surface area contributed by atoms with E-state index in [0.717, 1.165) is 11.9 Å². The van der Waals surface area contributed by atoms with Crippen LogP contribution in [0, 0.1) is 5.82 Å². The fourth-order valence-electron chi connectivity index (χ4n) is 3.85. The van der Waals surface area contributed by atoms with Gasteiger partial charge in [-0.2, -0.15) is 0 Å². The van der Waals surface area contributed by atoms with Gasteiger partial charge >= 0.3 is 6.09 Å². The van der Waals surface area contributed by atoms with E-state index in [9.17, 15) is 18.8 Å². The summed E-state index contributed by atoms with van der Waals surface area (Å²) in [4.78, 5) is 40.3. The lowest BCUT2D eigenvalue weighted by molar-refractivity contribution is -0.118. The molecule has 0 saturated heterocycles. The molecule has 1 heterocycles. The number of carbonyl (C=O) groups excluding carboxylic acids is 3. The molecule has 0 spiro atoms. The second kappa shape index (κ2) is 8.99. The minimum Gasteiger partial charge on any atom is -0.446 e. The zero-order valence-electron chi connectivity index (χ0n) is 16.7. The maximum atomic E-state index is 13.0. The minimum absolute atomic E-state index is 0.265. The molecular formula is C23H22FN3O4. The van der Waals surface area contributed by atoms with Crippen LogP contribution >= 0.6 is 0 Å². The standard InChI is InChI=1S/C23H22FN3O4/c24-14-8-10-15(11-9-14)27-23(30)31-17-5-3-4-16(12-17)26-22(29)21(28)19-13-25-20-7-2-1-6-18(19)20/h1-2,6-11,13,16-17,25H,3-5,12H2,(H,26,29)(H,27,30). The number of hydrogen-bond acceptors (Lipinski definition) is 4. The summed E-state index contributed by atoms with van der Waals surface area (Å²) >= 11 is 0. The number of halogens is 1. The SMILES string of the molecule is O=C(Nc1ccc(F)cc1)OC1CCCC(NC(=O)C(=O)c2c[nH]c3ccccc23)C1. The number of fused-ring (bicyclic) bond motifs is 1. The quantitative estimate of drug-likeness (QED) is 0.424. The van der Waals surface area contributed by atoms with Crippen LogP contribution in [0.1, 0.15) is 36.0 Å². The van der Waals surface area contributed by atoms with Crippen molar-refractivity contribution in [2.45, 2.75) is 37.8 Å². The molecule has 0 bridgehead atoms. The number of rotatable bonds is 5. The van der Waals surface area contributed by atoms with Crippen LogP contribution in [0.2, 0.25) is 0 Å². The molecule has 3 N–H and O–H groups in total. The molecule has 7 nitrogen and oxygen atoms in total. The Morgan fingerprint density at radius 3 is 2.61 bits per heavy atom. The molecule has 1 aliphatic rings. The number of ketones is 1. The van der Waals surface area contributed by atoms with Gasteiger partial charge in [0.05, 0.1) is 5.56 Å². The summed E-state index contributed by atoms with van der Waals surface area (Å²) in [5.41, 5.74) is 1.55. The number of aromatic amines is 1. The van der Waals surface area contributed by atoms with Crippen molar-refractivity contribution in [3.05, 3.63) is 66.1 Å². The molecule has 1 fully saturated rings. The van der Waals surface area contributed by atoms with Gasteiger partial charge in [0.2, 0.25) is 0 Å². The number of amides is 2. The van der Waals surface area contributed by atoms with Crippen LogP contribution in [0.5, 0.6) is 0 Å². The molecule has 160 valence electrons. The Hall–Kier alpha value is -3.68. The third-order valence-electron chi connectivity index (χ3n) is 5.37. The van der Waals surface area contributed by atoms with Gasteiger partial charge in [-0.1, -0.05) is 18.2 Å². The minimum atomic E-state index is -0.675. The molecule has 1 aromatic heterocycles. The summed E-state index contributed by atoms with van der Waals surface area (Å²) in [5, 5.41) is 6.03. The largest absolute Gasteiger partial charge is 0.446 e. The van der Waals surface area contributed by atoms with Crippen LogP contribution < -0.4 is 10.6 Å². The van der Waals surface area contributed by atoms with Crippen molar-refractivity contribution in [3.63, 3.8) is 0 Å². The van der Waals surface area contributed by atoms with Crippen molar-refractivity contribution < 1.29 is 23.5 Å². The molecule has 2 aromatic carbocycles. The van der Waals surface area contributed by atoms with Crippen LogP contribution in [-0.2, 0) is 9.53 Å². The lowest BCUT2D eigenvalue weighted by atomic mass is 9.92. The van der Waals surface area contributed by atoms with E-state index in [-0.39, 0.29) is 12.1 Å². The van der Waals surface area contributed by atoms with Gasteiger partial charge in [-0.05, 0) is 49.6 Å². The first-order valence-electron chi connectivity index (χ1n) is 10.1. The summed E-state index contributed by atoms with van der Waals surface area (Å²) in [7, 11) is 0. The highest BCUT2D eigenvalue weighted by Gasteiger charge is 2.28. The van der Waals surface area contributed by atoms with E-state index in [4.69, 9.17) is 4.74 Å². The first-order chi connectivity index (χ1) is 15.0. The second-order valence-corrected chi connectivity index (χ2v) is 7.57. The van der Waals surface area contributed by atoms with Crippen LogP contribution in [0.25, 0.3) is 10.9 Å². The number of benzene rings is 2. The Labute approximate surface area is 178 Å². The molecule has 3 aromatic rings. The Bertz CT molecular complexity index is 1110. The van der Waals surface area contributed by atoms with Gasteiger partial charge in [0.15, 0.2) is 0 Å². The number of Topliss-reactive ketones (excluding diaryl/α,β-unsaturated/α-hetero) is 1. The summed E-state index contributed by atoms with van der Waals surface area (Å²) < 4.78 is 18.4. The third kappa shape index (κ3) is 4.91. The Balaban J connectivity index is 1.32. The Morgan fingerprint density at radius 1 is 1.03 bits per heavy atom. The van der Waals surface area contributed by atoms with Gasteiger partial charge in [-0.25, -0.2) is 9.18 Å². The van der Waals surface area contributed by atoms with E-state index in [0.29, 0.717) is 35.9 Å². The smallest absolute Gasteiger partial charge is 0.411 e. The molecule has 1 aliphatic carbocycles. The summed E-state index contributed by atoms with van der Waals surface area (Å²) in [5.74, 6) is -1.67. The number of aromatic nitrogens is 1. The lowest BCUT2D eigenvalue weighted by Crippen LogP contribution is -2.43. The Kier molecular flexibility index (Phi) is 5.97. The molecule has 0 aliphatic heterocycles. The first-order valence-corrected chi connectivity index (χ1v) is 10.1. The maximum Gasteiger partial charge on any atom is 0.411 e. The maximum absolute atomic E-state index is 13.0. The predicted octanol–water partition coefficient (Wildman–Crippen LogP) is 4.17. The van der Waals surface area contributed by atoms with Crippen LogP contribution in [0.3, 0.4) is 0 Å². The average molecular weight is 423 g/mol. The molecule has 1 saturated carbocycles. The first kappa shape index (κ1) is 20.6. The van der Waals surface area contributed by atoms with E-state index in [1.165, 1.54) is 24.3 Å². The number of para-hydroxylation sites is 1. The zero-order chi connectivity index (χ0) is 21.8.